The number of carbonyl (C=O) groups excluding carboxylic acids is 2. The molecule has 0 atom stereocenters. The lowest BCUT2D eigenvalue weighted by atomic mass is 9.85. The van der Waals surface area contributed by atoms with Crippen LogP contribution in [0.25, 0.3) is 0 Å². The van der Waals surface area contributed by atoms with E-state index in [0.29, 0.717) is 29.6 Å². The van der Waals surface area contributed by atoms with Crippen LogP contribution in [0, 0.1) is 0 Å². The fourth-order valence-electron chi connectivity index (χ4n) is 2.12. The van der Waals surface area contributed by atoms with Crippen LogP contribution >= 0.6 is 0 Å². The van der Waals surface area contributed by atoms with E-state index in [1.54, 1.807) is 6.92 Å². The Labute approximate surface area is 103 Å². The van der Waals surface area contributed by atoms with Gasteiger partial charge in [0, 0.05) is 16.7 Å². The fraction of sp³-hybridized carbons (Fsp3) is 0.571. The zero-order chi connectivity index (χ0) is 13.0. The molecule has 94 valence electrons. The first-order chi connectivity index (χ1) is 8.08. The van der Waals surface area contributed by atoms with Crippen LogP contribution in [-0.4, -0.2) is 18.7 Å². The van der Waals surface area contributed by atoms with Crippen molar-refractivity contribution in [2.24, 2.45) is 0 Å². The summed E-state index contributed by atoms with van der Waals surface area (Å²) in [5.41, 5.74) is 1.73. The fourth-order valence-corrected chi connectivity index (χ4v) is 2.12. The second kappa shape index (κ2) is 5.80. The van der Waals surface area contributed by atoms with E-state index in [2.05, 4.69) is 6.92 Å². The van der Waals surface area contributed by atoms with Gasteiger partial charge in [-0.25, -0.2) is 0 Å². The normalized spacial score (nSPS) is 16.9. The quantitative estimate of drug-likeness (QED) is 0.689. The van der Waals surface area contributed by atoms with Crippen molar-refractivity contribution >= 4 is 11.6 Å². The lowest BCUT2D eigenvalue weighted by Crippen LogP contribution is -2.23. The molecule has 1 aliphatic carbocycles. The molecule has 1 aliphatic rings. The topological polar surface area (TPSA) is 43.4 Å². The van der Waals surface area contributed by atoms with Gasteiger partial charge in [0.05, 0.1) is 7.11 Å². The molecule has 0 radical (unpaired) electrons. The van der Waals surface area contributed by atoms with E-state index in [4.69, 9.17) is 4.74 Å². The number of hydrogen-bond acceptors (Lipinski definition) is 3. The van der Waals surface area contributed by atoms with Gasteiger partial charge in [-0.05, 0) is 26.2 Å². The number of unbranched alkanes of at least 4 members (excludes halogenated alkanes) is 1. The molecule has 0 saturated heterocycles. The Bertz CT molecular complexity index is 400. The monoisotopic (exact) mass is 236 g/mol. The smallest absolute Gasteiger partial charge is 0.224 e. The Kier molecular flexibility index (Phi) is 4.67. The Hall–Kier alpha value is -1.38. The van der Waals surface area contributed by atoms with Gasteiger partial charge < -0.3 is 4.74 Å². The summed E-state index contributed by atoms with van der Waals surface area (Å²) in [6, 6.07) is 0. The molecule has 0 heterocycles. The predicted molar refractivity (Wildman–Crippen MR) is 66.6 cm³/mol. The highest BCUT2D eigenvalue weighted by atomic mass is 16.5. The summed E-state index contributed by atoms with van der Waals surface area (Å²) in [6.45, 7) is 5.66. The Morgan fingerprint density at radius 1 is 1.06 bits per heavy atom. The van der Waals surface area contributed by atoms with Crippen molar-refractivity contribution in [3.63, 3.8) is 0 Å². The maximum atomic E-state index is 12.2. The van der Waals surface area contributed by atoms with Crippen molar-refractivity contribution in [1.29, 1.82) is 0 Å². The molecule has 0 fully saturated rings. The molecule has 0 spiro atoms. The molecule has 0 saturated carbocycles. The van der Waals surface area contributed by atoms with E-state index in [1.165, 1.54) is 7.11 Å². The summed E-state index contributed by atoms with van der Waals surface area (Å²) < 4.78 is 5.12. The molecule has 1 rings (SSSR count). The SMILES string of the molecule is CCCCC1=C(OC)C(=O)C(C)=C(CC)C1=O. The van der Waals surface area contributed by atoms with Crippen molar-refractivity contribution in [2.45, 2.75) is 46.5 Å². The van der Waals surface area contributed by atoms with E-state index in [1.807, 2.05) is 6.92 Å². The van der Waals surface area contributed by atoms with Gasteiger partial charge >= 0.3 is 0 Å². The van der Waals surface area contributed by atoms with Gasteiger partial charge in [-0.3, -0.25) is 9.59 Å². The van der Waals surface area contributed by atoms with Gasteiger partial charge in [0.1, 0.15) is 0 Å². The molecule has 0 bridgehead atoms. The molecular weight excluding hydrogens is 216 g/mol. The van der Waals surface area contributed by atoms with Gasteiger partial charge in [-0.1, -0.05) is 20.3 Å². The van der Waals surface area contributed by atoms with Crippen molar-refractivity contribution in [1.82, 2.24) is 0 Å². The van der Waals surface area contributed by atoms with Crippen molar-refractivity contribution in [3.05, 3.63) is 22.5 Å². The lowest BCUT2D eigenvalue weighted by molar-refractivity contribution is -0.119. The number of ketones is 2. The average molecular weight is 236 g/mol. The molecule has 0 amide bonds. The molecule has 3 nitrogen and oxygen atoms in total. The Balaban J connectivity index is 3.17. The van der Waals surface area contributed by atoms with Crippen LogP contribution in [0.4, 0.5) is 0 Å². The predicted octanol–water partition coefficient (Wildman–Crippen LogP) is 2.96. The standard InChI is InChI=1S/C14H20O3/c1-5-7-8-11-13(16)10(6-2)9(3)12(15)14(11)17-4/h5-8H2,1-4H3. The minimum absolute atomic E-state index is 0.00472. The third-order valence-corrected chi connectivity index (χ3v) is 3.16. The average Bonchev–Trinajstić information content (AvgIpc) is 2.33. The number of Topliss-reactive ketones (excluding diaryl/α,β-unsaturated/α-hetero) is 2. The van der Waals surface area contributed by atoms with E-state index < -0.39 is 0 Å². The highest BCUT2D eigenvalue weighted by Crippen LogP contribution is 2.29. The summed E-state index contributed by atoms with van der Waals surface area (Å²) >= 11 is 0. The van der Waals surface area contributed by atoms with Gasteiger partial charge in [-0.15, -0.1) is 0 Å². The van der Waals surface area contributed by atoms with Crippen LogP contribution < -0.4 is 0 Å². The Morgan fingerprint density at radius 3 is 2.18 bits per heavy atom. The van der Waals surface area contributed by atoms with Gasteiger partial charge in [0.15, 0.2) is 11.5 Å². The molecule has 0 aromatic heterocycles. The second-order valence-corrected chi connectivity index (χ2v) is 4.23. The maximum absolute atomic E-state index is 12.2. The third-order valence-electron chi connectivity index (χ3n) is 3.16. The van der Waals surface area contributed by atoms with Crippen molar-refractivity contribution in [2.75, 3.05) is 7.11 Å². The van der Waals surface area contributed by atoms with Crippen molar-refractivity contribution < 1.29 is 14.3 Å². The third kappa shape index (κ3) is 2.48. The summed E-state index contributed by atoms with van der Waals surface area (Å²) in [5, 5.41) is 0. The molecule has 0 unspecified atom stereocenters. The van der Waals surface area contributed by atoms with Crippen LogP contribution in [0.5, 0.6) is 0 Å². The van der Waals surface area contributed by atoms with Crippen molar-refractivity contribution in [3.8, 4) is 0 Å². The number of ether oxygens (including phenoxy) is 1. The van der Waals surface area contributed by atoms with Crippen LogP contribution in [0.15, 0.2) is 22.5 Å². The molecule has 3 heteroatoms. The van der Waals surface area contributed by atoms with Crippen LogP contribution in [0.3, 0.4) is 0 Å². The first kappa shape index (κ1) is 13.7. The highest BCUT2D eigenvalue weighted by Gasteiger charge is 2.31. The summed E-state index contributed by atoms with van der Waals surface area (Å²) in [7, 11) is 1.46. The summed E-state index contributed by atoms with van der Waals surface area (Å²) in [4.78, 5) is 24.3. The molecule has 17 heavy (non-hydrogen) atoms. The first-order valence-corrected chi connectivity index (χ1v) is 6.14. The Morgan fingerprint density at radius 2 is 1.71 bits per heavy atom. The number of hydrogen-bond donors (Lipinski definition) is 0. The zero-order valence-corrected chi connectivity index (χ0v) is 11.1. The number of rotatable bonds is 5. The minimum Gasteiger partial charge on any atom is -0.492 e. The van der Waals surface area contributed by atoms with E-state index in [-0.39, 0.29) is 17.3 Å². The molecular formula is C14H20O3. The highest BCUT2D eigenvalue weighted by molar-refractivity contribution is 6.24. The maximum Gasteiger partial charge on any atom is 0.224 e. The largest absolute Gasteiger partial charge is 0.492 e. The van der Waals surface area contributed by atoms with E-state index in [0.717, 1.165) is 12.8 Å². The lowest BCUT2D eigenvalue weighted by Gasteiger charge is -2.20. The zero-order valence-electron chi connectivity index (χ0n) is 11.1. The number of carbonyl (C=O) groups is 2. The molecule has 0 aliphatic heterocycles. The van der Waals surface area contributed by atoms with E-state index >= 15 is 0 Å². The molecule has 0 aromatic carbocycles. The van der Waals surface area contributed by atoms with Gasteiger partial charge in [0.25, 0.3) is 0 Å². The van der Waals surface area contributed by atoms with Crippen LogP contribution in [-0.2, 0) is 14.3 Å². The number of allylic oxidation sites excluding steroid dienone is 3. The summed E-state index contributed by atoms with van der Waals surface area (Å²) in [5.74, 6) is 0.114. The van der Waals surface area contributed by atoms with E-state index in [9.17, 15) is 9.59 Å². The van der Waals surface area contributed by atoms with Gasteiger partial charge in [-0.2, -0.15) is 0 Å². The molecule has 0 N–H and O–H groups in total. The van der Waals surface area contributed by atoms with Crippen LogP contribution in [0.1, 0.15) is 46.5 Å². The first-order valence-electron chi connectivity index (χ1n) is 6.14. The summed E-state index contributed by atoms with van der Waals surface area (Å²) in [6.07, 6.45) is 3.12. The second-order valence-electron chi connectivity index (χ2n) is 4.23. The minimum atomic E-state index is -0.130. The number of methoxy groups -OCH3 is 1. The van der Waals surface area contributed by atoms with Crippen LogP contribution in [0.2, 0.25) is 0 Å². The van der Waals surface area contributed by atoms with Gasteiger partial charge in [0.2, 0.25) is 5.78 Å². The molecule has 0 aromatic rings.